The number of ether oxygens (including phenoxy) is 2. The first-order chi connectivity index (χ1) is 14.5. The number of carbonyl (C=O) groups excluding carboxylic acids is 1. The fourth-order valence-electron chi connectivity index (χ4n) is 3.98. The zero-order valence-corrected chi connectivity index (χ0v) is 19.2. The predicted octanol–water partition coefficient (Wildman–Crippen LogP) is 6.08. The molecule has 0 spiro atoms. The minimum atomic E-state index is -1.58. The fraction of sp³-hybridized carbons (Fsp3) is 0.760. The molecular formula is C25H42O5. The number of hydrogen-bond acceptors (Lipinski definition) is 4. The maximum atomic E-state index is 12.3. The van der Waals surface area contributed by atoms with Gasteiger partial charge in [0.1, 0.15) is 5.78 Å². The van der Waals surface area contributed by atoms with E-state index in [1.165, 1.54) is 25.7 Å². The molecule has 1 aliphatic carbocycles. The average molecular weight is 423 g/mol. The van der Waals surface area contributed by atoms with E-state index in [0.717, 1.165) is 19.3 Å². The van der Waals surface area contributed by atoms with E-state index in [1.807, 2.05) is 19.1 Å². The second-order valence-electron chi connectivity index (χ2n) is 8.14. The Morgan fingerprint density at radius 3 is 2.53 bits per heavy atom. The Morgan fingerprint density at radius 2 is 1.87 bits per heavy atom. The summed E-state index contributed by atoms with van der Waals surface area (Å²) in [6.07, 6.45) is 18.5. The largest absolute Gasteiger partial charge is 0.477 e. The number of carboxylic acid groups (broad SMARTS) is 1. The molecule has 1 fully saturated rings. The quantitative estimate of drug-likeness (QED) is 0.175. The second kappa shape index (κ2) is 15.4. The molecule has 172 valence electrons. The molecule has 0 aromatic carbocycles. The zero-order valence-electron chi connectivity index (χ0n) is 19.2. The van der Waals surface area contributed by atoms with Crippen LogP contribution in [-0.2, 0) is 19.1 Å². The fourth-order valence-corrected chi connectivity index (χ4v) is 3.98. The van der Waals surface area contributed by atoms with Crippen molar-refractivity contribution in [2.24, 2.45) is 11.8 Å². The molecule has 0 aliphatic heterocycles. The van der Waals surface area contributed by atoms with Crippen LogP contribution >= 0.6 is 0 Å². The standard InChI is InChI=1S/C25H42O5/c1-4-7-8-9-10-12-15-21-17-18-23(26)22(21)16-13-11-14-19-25(24(27)28,29-6-3)30-20-5-2/h11-13,15,21-22H,4-10,14,16-20H2,1-3H3,(H,27,28)/b13-11-,15-12+/t21-,22+,25?/m0/s1. The van der Waals surface area contributed by atoms with Crippen LogP contribution in [0.1, 0.15) is 91.4 Å². The molecule has 1 aliphatic rings. The van der Waals surface area contributed by atoms with Gasteiger partial charge in [-0.3, -0.25) is 4.79 Å². The van der Waals surface area contributed by atoms with Crippen molar-refractivity contribution < 1.29 is 24.2 Å². The number of aliphatic carboxylic acids is 1. The maximum absolute atomic E-state index is 12.3. The highest BCUT2D eigenvalue weighted by Crippen LogP contribution is 2.33. The summed E-state index contributed by atoms with van der Waals surface area (Å²) in [6, 6.07) is 0. The summed E-state index contributed by atoms with van der Waals surface area (Å²) in [5.74, 6) is -1.92. The lowest BCUT2D eigenvalue weighted by molar-refractivity contribution is -0.245. The van der Waals surface area contributed by atoms with Crippen molar-refractivity contribution in [3.8, 4) is 0 Å². The normalized spacial score (nSPS) is 21.6. The monoisotopic (exact) mass is 422 g/mol. The molecular weight excluding hydrogens is 380 g/mol. The molecule has 0 amide bonds. The second-order valence-corrected chi connectivity index (χ2v) is 8.14. The Balaban J connectivity index is 2.51. The van der Waals surface area contributed by atoms with Crippen LogP contribution in [0.3, 0.4) is 0 Å². The Hall–Kier alpha value is -1.46. The number of carbonyl (C=O) groups is 2. The molecule has 0 bridgehead atoms. The van der Waals surface area contributed by atoms with Gasteiger partial charge in [0.15, 0.2) is 0 Å². The first-order valence-electron chi connectivity index (χ1n) is 11.9. The van der Waals surface area contributed by atoms with Gasteiger partial charge < -0.3 is 14.6 Å². The lowest BCUT2D eigenvalue weighted by Gasteiger charge is -2.28. The Morgan fingerprint density at radius 1 is 1.07 bits per heavy atom. The third-order valence-electron chi connectivity index (χ3n) is 5.70. The van der Waals surface area contributed by atoms with Crippen LogP contribution < -0.4 is 0 Å². The number of hydrogen-bond donors (Lipinski definition) is 1. The van der Waals surface area contributed by atoms with E-state index in [1.54, 1.807) is 6.92 Å². The number of ketones is 1. The van der Waals surface area contributed by atoms with E-state index in [0.29, 0.717) is 37.6 Å². The van der Waals surface area contributed by atoms with Gasteiger partial charge in [0, 0.05) is 25.4 Å². The summed E-state index contributed by atoms with van der Waals surface area (Å²) in [4.78, 5) is 24.0. The van der Waals surface area contributed by atoms with Crippen molar-refractivity contribution in [3.63, 3.8) is 0 Å². The SMILES string of the molecule is CCCCCC/C=C/[C@H]1CCC(=O)[C@@H]1C/C=C\CCC(OCC)(OCCC)C(=O)O. The van der Waals surface area contributed by atoms with E-state index in [-0.39, 0.29) is 18.9 Å². The van der Waals surface area contributed by atoms with Gasteiger partial charge >= 0.3 is 5.97 Å². The highest BCUT2D eigenvalue weighted by Gasteiger charge is 2.40. The molecule has 1 unspecified atom stereocenters. The Labute approximate surface area is 182 Å². The van der Waals surface area contributed by atoms with Crippen LogP contribution in [0.2, 0.25) is 0 Å². The first-order valence-corrected chi connectivity index (χ1v) is 11.9. The van der Waals surface area contributed by atoms with Gasteiger partial charge in [0.05, 0.1) is 6.61 Å². The van der Waals surface area contributed by atoms with Gasteiger partial charge in [0.2, 0.25) is 0 Å². The number of Topliss-reactive ketones (excluding diaryl/α,β-unsaturated/α-hetero) is 1. The minimum Gasteiger partial charge on any atom is -0.477 e. The van der Waals surface area contributed by atoms with E-state index in [9.17, 15) is 14.7 Å². The van der Waals surface area contributed by atoms with Crippen LogP contribution in [0.15, 0.2) is 24.3 Å². The van der Waals surface area contributed by atoms with Gasteiger partial charge in [-0.25, -0.2) is 4.79 Å². The van der Waals surface area contributed by atoms with Gasteiger partial charge in [-0.05, 0) is 51.4 Å². The third-order valence-corrected chi connectivity index (χ3v) is 5.70. The molecule has 0 saturated heterocycles. The average Bonchev–Trinajstić information content (AvgIpc) is 3.07. The topological polar surface area (TPSA) is 72.8 Å². The first kappa shape index (κ1) is 26.6. The number of rotatable bonds is 17. The van der Waals surface area contributed by atoms with Crippen molar-refractivity contribution in [2.45, 2.75) is 97.2 Å². The van der Waals surface area contributed by atoms with Crippen molar-refractivity contribution in [2.75, 3.05) is 13.2 Å². The molecule has 0 aromatic rings. The van der Waals surface area contributed by atoms with Gasteiger partial charge in [0.25, 0.3) is 5.79 Å². The number of carboxylic acids is 1. The molecule has 3 atom stereocenters. The summed E-state index contributed by atoms with van der Waals surface area (Å²) in [5.41, 5.74) is 0. The van der Waals surface area contributed by atoms with Crippen molar-refractivity contribution in [3.05, 3.63) is 24.3 Å². The van der Waals surface area contributed by atoms with Crippen LogP contribution in [0.4, 0.5) is 0 Å². The molecule has 5 nitrogen and oxygen atoms in total. The summed E-state index contributed by atoms with van der Waals surface area (Å²) in [7, 11) is 0. The van der Waals surface area contributed by atoms with E-state index in [2.05, 4.69) is 19.1 Å². The smallest absolute Gasteiger partial charge is 0.364 e. The Bertz CT molecular complexity index is 554. The van der Waals surface area contributed by atoms with Crippen LogP contribution in [0.5, 0.6) is 0 Å². The van der Waals surface area contributed by atoms with Crippen LogP contribution in [0, 0.1) is 11.8 Å². The van der Waals surface area contributed by atoms with Crippen LogP contribution in [0.25, 0.3) is 0 Å². The molecule has 0 aromatic heterocycles. The molecule has 0 heterocycles. The van der Waals surface area contributed by atoms with Crippen LogP contribution in [-0.4, -0.2) is 35.9 Å². The Kier molecular flexibility index (Phi) is 13.6. The molecule has 0 radical (unpaired) electrons. The molecule has 30 heavy (non-hydrogen) atoms. The van der Waals surface area contributed by atoms with Gasteiger partial charge in [-0.2, -0.15) is 0 Å². The van der Waals surface area contributed by atoms with E-state index >= 15 is 0 Å². The molecule has 1 rings (SSSR count). The summed E-state index contributed by atoms with van der Waals surface area (Å²) in [5, 5.41) is 9.60. The molecule has 1 N–H and O–H groups in total. The number of allylic oxidation sites excluding steroid dienone is 4. The van der Waals surface area contributed by atoms with E-state index in [4.69, 9.17) is 9.47 Å². The number of unbranched alkanes of at least 4 members (excludes halogenated alkanes) is 4. The zero-order chi connectivity index (χ0) is 22.2. The maximum Gasteiger partial charge on any atom is 0.364 e. The van der Waals surface area contributed by atoms with Crippen molar-refractivity contribution in [1.29, 1.82) is 0 Å². The summed E-state index contributed by atoms with van der Waals surface area (Å²) < 4.78 is 11.0. The third kappa shape index (κ3) is 9.13. The minimum absolute atomic E-state index is 0.0561. The van der Waals surface area contributed by atoms with E-state index < -0.39 is 11.8 Å². The lowest BCUT2D eigenvalue weighted by Crippen LogP contribution is -2.44. The van der Waals surface area contributed by atoms with Gasteiger partial charge in [-0.1, -0.05) is 57.4 Å². The predicted molar refractivity (Wildman–Crippen MR) is 120 cm³/mol. The highest BCUT2D eigenvalue weighted by atomic mass is 16.7. The molecule has 5 heteroatoms. The van der Waals surface area contributed by atoms with Gasteiger partial charge in [-0.15, -0.1) is 0 Å². The van der Waals surface area contributed by atoms with Crippen molar-refractivity contribution in [1.82, 2.24) is 0 Å². The van der Waals surface area contributed by atoms with Crippen molar-refractivity contribution >= 4 is 11.8 Å². The molecule has 1 saturated carbocycles. The highest BCUT2D eigenvalue weighted by molar-refractivity contribution is 5.83. The summed E-state index contributed by atoms with van der Waals surface area (Å²) >= 11 is 0. The lowest BCUT2D eigenvalue weighted by atomic mass is 9.91. The summed E-state index contributed by atoms with van der Waals surface area (Å²) in [6.45, 7) is 6.55.